The molecule has 0 radical (unpaired) electrons. The van der Waals surface area contributed by atoms with Crippen molar-refractivity contribution in [1.82, 2.24) is 0 Å². The highest BCUT2D eigenvalue weighted by Gasteiger charge is 2.37. The highest BCUT2D eigenvalue weighted by atomic mass is 32.2. The van der Waals surface area contributed by atoms with E-state index in [4.69, 9.17) is 14.2 Å². The maximum absolute atomic E-state index is 10.7. The minimum Gasteiger partial charge on any atom is -0.493 e. The van der Waals surface area contributed by atoms with Crippen LogP contribution in [-0.2, 0) is 22.3 Å². The Morgan fingerprint density at radius 2 is 1.94 bits per heavy atom. The third kappa shape index (κ3) is 4.57. The second-order valence-electron chi connectivity index (χ2n) is 9.13. The molecular formula is C26H32O5S. The fraction of sp³-hybridized carbons (Fsp3) is 0.538. The Bertz CT molecular complexity index is 944. The molecule has 4 atom stereocenters. The molecule has 0 unspecified atom stereocenters. The lowest BCUT2D eigenvalue weighted by Crippen LogP contribution is -2.42. The molecule has 3 aliphatic heterocycles. The number of fused-ring (bicyclic) bond motifs is 1. The van der Waals surface area contributed by atoms with E-state index in [0.717, 1.165) is 56.8 Å². The minimum atomic E-state index is -0.922. The van der Waals surface area contributed by atoms with E-state index in [2.05, 4.69) is 30.3 Å². The molecule has 0 spiro atoms. The number of benzene rings is 2. The van der Waals surface area contributed by atoms with Crippen LogP contribution in [-0.4, -0.2) is 53.9 Å². The predicted octanol–water partition coefficient (Wildman–Crippen LogP) is 3.98. The van der Waals surface area contributed by atoms with Crippen molar-refractivity contribution in [3.05, 3.63) is 64.2 Å². The number of aryl methyl sites for hydroxylation is 1. The van der Waals surface area contributed by atoms with E-state index >= 15 is 0 Å². The summed E-state index contributed by atoms with van der Waals surface area (Å²) in [6, 6.07) is 12.9. The molecule has 3 aliphatic rings. The van der Waals surface area contributed by atoms with Gasteiger partial charge in [0.05, 0.1) is 25.9 Å². The van der Waals surface area contributed by atoms with E-state index in [1.807, 2.05) is 12.3 Å². The van der Waals surface area contributed by atoms with Gasteiger partial charge in [0.25, 0.3) is 0 Å². The van der Waals surface area contributed by atoms with Gasteiger partial charge in [0.1, 0.15) is 23.4 Å². The quantitative estimate of drug-likeness (QED) is 0.710. The van der Waals surface area contributed by atoms with Crippen LogP contribution in [0.25, 0.3) is 0 Å². The molecule has 0 aromatic heterocycles. The van der Waals surface area contributed by atoms with Crippen LogP contribution in [0.1, 0.15) is 59.1 Å². The first-order valence-electron chi connectivity index (χ1n) is 11.6. The van der Waals surface area contributed by atoms with Crippen LogP contribution in [0.5, 0.6) is 5.75 Å². The summed E-state index contributed by atoms with van der Waals surface area (Å²) in [6.07, 6.45) is 4.32. The van der Waals surface area contributed by atoms with Gasteiger partial charge in [-0.15, -0.1) is 11.8 Å². The first-order valence-corrected chi connectivity index (χ1v) is 12.9. The van der Waals surface area contributed by atoms with Gasteiger partial charge < -0.3 is 24.4 Å². The van der Waals surface area contributed by atoms with Crippen LogP contribution in [0, 0.1) is 0 Å². The zero-order valence-electron chi connectivity index (χ0n) is 18.5. The molecule has 2 N–H and O–H groups in total. The monoisotopic (exact) mass is 456 g/mol. The largest absolute Gasteiger partial charge is 0.493 e. The molecule has 0 amide bonds. The highest BCUT2D eigenvalue weighted by Crippen LogP contribution is 2.38. The van der Waals surface area contributed by atoms with Crippen LogP contribution >= 0.6 is 11.8 Å². The second kappa shape index (κ2) is 9.74. The molecule has 0 bridgehead atoms. The van der Waals surface area contributed by atoms with E-state index in [9.17, 15) is 10.2 Å². The SMILES string of the molecule is CS[C@@H]1C[C@H](O)[C@@H](O)[C@H](c2ccc(C3COC3)c(Cc3ccc4c(c3)CCCCO4)c2)O1. The third-order valence-electron chi connectivity index (χ3n) is 6.89. The van der Waals surface area contributed by atoms with Crippen LogP contribution in [0.3, 0.4) is 0 Å². The molecule has 5 nitrogen and oxygen atoms in total. The van der Waals surface area contributed by atoms with Gasteiger partial charge in [0, 0.05) is 12.3 Å². The van der Waals surface area contributed by atoms with Crippen molar-refractivity contribution >= 4 is 11.8 Å². The van der Waals surface area contributed by atoms with Crippen molar-refractivity contribution in [2.24, 2.45) is 0 Å². The van der Waals surface area contributed by atoms with Crippen LogP contribution < -0.4 is 4.74 Å². The van der Waals surface area contributed by atoms with E-state index in [0.29, 0.717) is 12.3 Å². The molecule has 0 aliphatic carbocycles. The lowest BCUT2D eigenvalue weighted by Gasteiger charge is -2.37. The third-order valence-corrected chi connectivity index (χ3v) is 7.72. The average Bonchev–Trinajstić information content (AvgIpc) is 3.00. The summed E-state index contributed by atoms with van der Waals surface area (Å²) in [7, 11) is 0. The molecular weight excluding hydrogens is 424 g/mol. The lowest BCUT2D eigenvalue weighted by molar-refractivity contribution is -0.147. The highest BCUT2D eigenvalue weighted by molar-refractivity contribution is 7.99. The summed E-state index contributed by atoms with van der Waals surface area (Å²) >= 11 is 1.57. The number of hydrogen-bond donors (Lipinski definition) is 2. The van der Waals surface area contributed by atoms with E-state index < -0.39 is 18.3 Å². The smallest absolute Gasteiger partial charge is 0.122 e. The summed E-state index contributed by atoms with van der Waals surface area (Å²) in [5, 5.41) is 21.0. The Labute approximate surface area is 194 Å². The van der Waals surface area contributed by atoms with Crippen molar-refractivity contribution in [3.8, 4) is 5.75 Å². The fourth-order valence-corrected chi connectivity index (χ4v) is 5.55. The lowest BCUT2D eigenvalue weighted by atomic mass is 9.86. The van der Waals surface area contributed by atoms with Gasteiger partial charge in [-0.3, -0.25) is 0 Å². The van der Waals surface area contributed by atoms with Crippen molar-refractivity contribution in [2.75, 3.05) is 26.1 Å². The van der Waals surface area contributed by atoms with Crippen LogP contribution in [0.15, 0.2) is 36.4 Å². The molecule has 2 fully saturated rings. The number of rotatable bonds is 5. The van der Waals surface area contributed by atoms with Crippen molar-refractivity contribution < 1.29 is 24.4 Å². The molecule has 3 heterocycles. The normalized spacial score (nSPS) is 28.3. The van der Waals surface area contributed by atoms with Crippen molar-refractivity contribution in [2.45, 2.75) is 61.8 Å². The number of aliphatic hydroxyl groups excluding tert-OH is 2. The summed E-state index contributed by atoms with van der Waals surface area (Å²) < 4.78 is 17.5. The van der Waals surface area contributed by atoms with Gasteiger partial charge in [0.2, 0.25) is 0 Å². The number of hydrogen-bond acceptors (Lipinski definition) is 6. The Morgan fingerprint density at radius 1 is 1.06 bits per heavy atom. The Morgan fingerprint density at radius 3 is 2.72 bits per heavy atom. The van der Waals surface area contributed by atoms with Gasteiger partial charge in [-0.25, -0.2) is 0 Å². The second-order valence-corrected chi connectivity index (χ2v) is 10.1. The Balaban J connectivity index is 1.46. The summed E-state index contributed by atoms with van der Waals surface area (Å²) in [5.74, 6) is 1.42. The molecule has 32 heavy (non-hydrogen) atoms. The fourth-order valence-electron chi connectivity index (χ4n) is 4.93. The molecule has 2 aromatic carbocycles. The number of ether oxygens (including phenoxy) is 3. The summed E-state index contributed by atoms with van der Waals surface area (Å²) in [6.45, 7) is 2.30. The predicted molar refractivity (Wildman–Crippen MR) is 125 cm³/mol. The summed E-state index contributed by atoms with van der Waals surface area (Å²) in [4.78, 5) is 0. The zero-order chi connectivity index (χ0) is 22.1. The molecule has 2 aromatic rings. The first-order chi connectivity index (χ1) is 15.6. The molecule has 5 rings (SSSR count). The van der Waals surface area contributed by atoms with E-state index in [1.165, 1.54) is 22.3 Å². The number of aliphatic hydroxyl groups is 2. The molecule has 172 valence electrons. The standard InChI is InChI=1S/C26H32O5S/c1-32-24-13-22(27)25(28)26(31-24)18-6-7-21(20-14-29-15-20)19(12-18)11-16-5-8-23-17(10-16)4-2-3-9-30-23/h5-8,10,12,20,22,24-28H,2-4,9,11,13-15H2,1H3/t22-,24+,25+,26-/m0/s1. The van der Waals surface area contributed by atoms with Crippen molar-refractivity contribution in [1.29, 1.82) is 0 Å². The van der Waals surface area contributed by atoms with E-state index in [1.54, 1.807) is 11.8 Å². The van der Waals surface area contributed by atoms with E-state index in [-0.39, 0.29) is 5.44 Å². The van der Waals surface area contributed by atoms with Crippen LogP contribution in [0.2, 0.25) is 0 Å². The maximum atomic E-state index is 10.7. The van der Waals surface area contributed by atoms with Gasteiger partial charge in [-0.2, -0.15) is 0 Å². The average molecular weight is 457 g/mol. The maximum Gasteiger partial charge on any atom is 0.122 e. The molecule has 6 heteroatoms. The summed E-state index contributed by atoms with van der Waals surface area (Å²) in [5.41, 5.74) is 5.90. The van der Waals surface area contributed by atoms with Gasteiger partial charge in [-0.05, 0) is 65.8 Å². The number of thioether (sulfide) groups is 1. The first kappa shape index (κ1) is 22.2. The Hall–Kier alpha value is -1.57. The minimum absolute atomic E-state index is 0.119. The van der Waals surface area contributed by atoms with Gasteiger partial charge in [-0.1, -0.05) is 30.3 Å². The topological polar surface area (TPSA) is 68.2 Å². The van der Waals surface area contributed by atoms with Gasteiger partial charge >= 0.3 is 0 Å². The van der Waals surface area contributed by atoms with Crippen molar-refractivity contribution in [3.63, 3.8) is 0 Å². The Kier molecular flexibility index (Phi) is 6.76. The molecule has 0 saturated carbocycles. The van der Waals surface area contributed by atoms with Gasteiger partial charge in [0.15, 0.2) is 0 Å². The van der Waals surface area contributed by atoms with Crippen LogP contribution in [0.4, 0.5) is 0 Å². The molecule has 2 saturated heterocycles. The zero-order valence-corrected chi connectivity index (χ0v) is 19.4.